The van der Waals surface area contributed by atoms with Crippen LogP contribution in [0.3, 0.4) is 0 Å². The highest BCUT2D eigenvalue weighted by Crippen LogP contribution is 2.32. The van der Waals surface area contributed by atoms with E-state index in [4.69, 9.17) is 11.6 Å². The summed E-state index contributed by atoms with van der Waals surface area (Å²) in [5.74, 6) is -0.424. The Hall–Kier alpha value is -2.59. The Morgan fingerprint density at radius 1 is 0.917 bits per heavy atom. The molecule has 0 aliphatic carbocycles. The van der Waals surface area contributed by atoms with Crippen LogP contribution in [0.15, 0.2) is 53.3 Å². The molecule has 0 saturated heterocycles. The van der Waals surface area contributed by atoms with Gasteiger partial charge < -0.3 is 4.57 Å². The lowest BCUT2D eigenvalue weighted by molar-refractivity contribution is 0.628. The molecule has 0 atom stereocenters. The van der Waals surface area contributed by atoms with Crippen LogP contribution in [-0.4, -0.2) is 9.13 Å². The van der Waals surface area contributed by atoms with Gasteiger partial charge in [0.2, 0.25) is 0 Å². The zero-order valence-electron chi connectivity index (χ0n) is 13.2. The van der Waals surface area contributed by atoms with Gasteiger partial charge in [0.25, 0.3) is 5.56 Å². The van der Waals surface area contributed by atoms with Crippen molar-refractivity contribution in [3.8, 4) is 11.1 Å². The highest BCUT2D eigenvalue weighted by Gasteiger charge is 2.17. The molecule has 4 rings (SSSR count). The van der Waals surface area contributed by atoms with Crippen LogP contribution in [0.1, 0.15) is 0 Å². The van der Waals surface area contributed by atoms with Crippen molar-refractivity contribution in [1.82, 2.24) is 9.13 Å². The smallest absolute Gasteiger partial charge is 0.259 e. The minimum absolute atomic E-state index is 0.165. The van der Waals surface area contributed by atoms with Crippen molar-refractivity contribution in [3.05, 3.63) is 69.7 Å². The predicted molar refractivity (Wildman–Crippen MR) is 96.1 cm³/mol. The first-order valence-corrected chi connectivity index (χ1v) is 7.89. The maximum absolute atomic E-state index is 13.3. The summed E-state index contributed by atoms with van der Waals surface area (Å²) in [6, 6.07) is 13.9. The van der Waals surface area contributed by atoms with Crippen LogP contribution < -0.4 is 5.56 Å². The fourth-order valence-electron chi connectivity index (χ4n) is 3.34. The number of hydrogen-bond acceptors (Lipinski definition) is 1. The largest absolute Gasteiger partial charge is 0.330 e. The van der Waals surface area contributed by atoms with Gasteiger partial charge in [-0.15, -0.1) is 0 Å². The third-order valence-corrected chi connectivity index (χ3v) is 4.79. The highest BCUT2D eigenvalue weighted by atomic mass is 35.5. The van der Waals surface area contributed by atoms with Crippen molar-refractivity contribution < 1.29 is 4.39 Å². The molecule has 0 unspecified atom stereocenters. The summed E-state index contributed by atoms with van der Waals surface area (Å²) >= 11 is 6.17. The third kappa shape index (κ3) is 2.00. The molecular formula is C19H14ClFN2O. The van der Waals surface area contributed by atoms with E-state index in [1.807, 2.05) is 41.9 Å². The molecule has 0 bridgehead atoms. The molecule has 2 aromatic heterocycles. The van der Waals surface area contributed by atoms with Crippen molar-refractivity contribution in [1.29, 1.82) is 0 Å². The number of fused-ring (bicyclic) bond motifs is 3. The molecule has 120 valence electrons. The van der Waals surface area contributed by atoms with E-state index < -0.39 is 5.82 Å². The Kier molecular flexibility index (Phi) is 3.25. The zero-order chi connectivity index (χ0) is 17.0. The van der Waals surface area contributed by atoms with Crippen molar-refractivity contribution in [2.45, 2.75) is 0 Å². The Morgan fingerprint density at radius 3 is 2.42 bits per heavy atom. The van der Waals surface area contributed by atoms with E-state index in [2.05, 4.69) is 0 Å². The molecule has 0 saturated carbocycles. The number of halogens is 2. The summed E-state index contributed by atoms with van der Waals surface area (Å²) in [7, 11) is 3.68. The number of pyridine rings is 1. The minimum Gasteiger partial charge on any atom is -0.330 e. The van der Waals surface area contributed by atoms with Gasteiger partial charge in [-0.2, -0.15) is 0 Å². The van der Waals surface area contributed by atoms with E-state index in [-0.39, 0.29) is 10.6 Å². The van der Waals surface area contributed by atoms with Gasteiger partial charge in [0, 0.05) is 36.0 Å². The monoisotopic (exact) mass is 340 g/mol. The SMILES string of the molecule is Cn1c(=O)c(-c2ccc(F)cc2Cl)cc2c3ccccc3n(C)c21. The van der Waals surface area contributed by atoms with Gasteiger partial charge in [0.1, 0.15) is 11.5 Å². The fourth-order valence-corrected chi connectivity index (χ4v) is 3.61. The average molecular weight is 341 g/mol. The molecule has 0 spiro atoms. The van der Waals surface area contributed by atoms with Crippen LogP contribution in [0, 0.1) is 5.82 Å². The highest BCUT2D eigenvalue weighted by molar-refractivity contribution is 6.33. The molecule has 0 radical (unpaired) electrons. The second-order valence-electron chi connectivity index (χ2n) is 5.86. The third-order valence-electron chi connectivity index (χ3n) is 4.48. The quantitative estimate of drug-likeness (QED) is 0.501. The fraction of sp³-hybridized carbons (Fsp3) is 0.105. The van der Waals surface area contributed by atoms with Crippen molar-refractivity contribution in [3.63, 3.8) is 0 Å². The van der Waals surface area contributed by atoms with E-state index in [9.17, 15) is 9.18 Å². The lowest BCUT2D eigenvalue weighted by Crippen LogP contribution is -2.20. The first-order valence-electron chi connectivity index (χ1n) is 7.51. The Labute approximate surface area is 142 Å². The number of hydrogen-bond donors (Lipinski definition) is 0. The van der Waals surface area contributed by atoms with Crippen LogP contribution in [0.4, 0.5) is 4.39 Å². The molecule has 5 heteroatoms. The van der Waals surface area contributed by atoms with E-state index in [1.54, 1.807) is 17.7 Å². The van der Waals surface area contributed by atoms with Crippen molar-refractivity contribution in [2.75, 3.05) is 0 Å². The lowest BCUT2D eigenvalue weighted by Gasteiger charge is -2.09. The summed E-state index contributed by atoms with van der Waals surface area (Å²) in [5.41, 5.74) is 2.72. The standard InChI is InChI=1S/C19H14ClFN2O/c1-22-17-6-4-3-5-13(17)14-10-15(19(24)23(2)18(14)22)12-8-7-11(21)9-16(12)20/h3-10H,1-2H3. The Balaban J connectivity index is 2.17. The van der Waals surface area contributed by atoms with E-state index in [1.165, 1.54) is 12.1 Å². The number of aromatic nitrogens is 2. The van der Waals surface area contributed by atoms with E-state index in [0.717, 1.165) is 21.9 Å². The molecule has 24 heavy (non-hydrogen) atoms. The van der Waals surface area contributed by atoms with Crippen molar-refractivity contribution >= 4 is 33.5 Å². The Bertz CT molecular complexity index is 1170. The summed E-state index contributed by atoms with van der Waals surface area (Å²) in [6.07, 6.45) is 0. The molecule has 3 nitrogen and oxygen atoms in total. The molecular weight excluding hydrogens is 327 g/mol. The first kappa shape index (κ1) is 15.0. The van der Waals surface area contributed by atoms with Crippen LogP contribution >= 0.6 is 11.6 Å². The Morgan fingerprint density at radius 2 is 1.67 bits per heavy atom. The normalized spacial score (nSPS) is 11.5. The molecule has 4 aromatic rings. The number of para-hydroxylation sites is 1. The number of benzene rings is 2. The molecule has 0 aliphatic heterocycles. The van der Waals surface area contributed by atoms with Crippen LogP contribution in [-0.2, 0) is 14.1 Å². The van der Waals surface area contributed by atoms with Gasteiger partial charge in [-0.1, -0.05) is 29.8 Å². The summed E-state index contributed by atoms with van der Waals surface area (Å²) in [5, 5.41) is 2.25. The van der Waals surface area contributed by atoms with Gasteiger partial charge in [0.15, 0.2) is 0 Å². The topological polar surface area (TPSA) is 26.9 Å². The predicted octanol–water partition coefficient (Wildman–Crippen LogP) is 4.49. The van der Waals surface area contributed by atoms with Gasteiger partial charge in [-0.3, -0.25) is 9.36 Å². The van der Waals surface area contributed by atoms with Gasteiger partial charge in [0.05, 0.1) is 10.5 Å². The number of rotatable bonds is 1. The molecule has 0 N–H and O–H groups in total. The van der Waals surface area contributed by atoms with Crippen molar-refractivity contribution in [2.24, 2.45) is 14.1 Å². The number of nitrogens with zero attached hydrogens (tertiary/aromatic N) is 2. The van der Waals surface area contributed by atoms with E-state index >= 15 is 0 Å². The molecule has 0 fully saturated rings. The molecule has 2 aromatic carbocycles. The first-order chi connectivity index (χ1) is 11.5. The zero-order valence-corrected chi connectivity index (χ0v) is 13.9. The minimum atomic E-state index is -0.424. The van der Waals surface area contributed by atoms with Crippen LogP contribution in [0.25, 0.3) is 33.1 Å². The van der Waals surface area contributed by atoms with E-state index in [0.29, 0.717) is 11.1 Å². The maximum Gasteiger partial charge on any atom is 0.259 e. The summed E-state index contributed by atoms with van der Waals surface area (Å²) < 4.78 is 17.0. The van der Waals surface area contributed by atoms with Gasteiger partial charge in [-0.05, 0) is 30.3 Å². The molecule has 0 amide bonds. The maximum atomic E-state index is 13.3. The van der Waals surface area contributed by atoms with Crippen LogP contribution in [0.5, 0.6) is 0 Å². The molecule has 2 heterocycles. The van der Waals surface area contributed by atoms with Gasteiger partial charge >= 0.3 is 0 Å². The van der Waals surface area contributed by atoms with Gasteiger partial charge in [-0.25, -0.2) is 4.39 Å². The molecule has 0 aliphatic rings. The summed E-state index contributed by atoms with van der Waals surface area (Å²) in [6.45, 7) is 0. The second-order valence-corrected chi connectivity index (χ2v) is 6.27. The lowest BCUT2D eigenvalue weighted by atomic mass is 10.0. The number of aryl methyl sites for hydroxylation is 2. The summed E-state index contributed by atoms with van der Waals surface area (Å²) in [4.78, 5) is 12.8. The van der Waals surface area contributed by atoms with Crippen LogP contribution in [0.2, 0.25) is 5.02 Å². The average Bonchev–Trinajstić information content (AvgIpc) is 2.85. The second kappa shape index (κ2) is 5.21.